The summed E-state index contributed by atoms with van der Waals surface area (Å²) in [5.41, 5.74) is 7.43. The van der Waals surface area contributed by atoms with Gasteiger partial charge < -0.3 is 15.2 Å². The number of thioether (sulfide) groups is 1. The van der Waals surface area contributed by atoms with E-state index in [0.29, 0.717) is 27.6 Å². The van der Waals surface area contributed by atoms with E-state index >= 15 is 0 Å². The third-order valence-electron chi connectivity index (χ3n) is 5.83. The van der Waals surface area contributed by atoms with Crippen LogP contribution in [0.1, 0.15) is 51.4 Å². The Kier molecular flexibility index (Phi) is 8.32. The Labute approximate surface area is 227 Å². The van der Waals surface area contributed by atoms with Crippen LogP contribution in [-0.4, -0.2) is 36.1 Å². The molecule has 0 unspecified atom stereocenters. The van der Waals surface area contributed by atoms with E-state index in [4.69, 9.17) is 38.4 Å². The Morgan fingerprint density at radius 1 is 1.08 bits per heavy atom. The maximum Gasteiger partial charge on any atom is 0.357 e. The minimum absolute atomic E-state index is 0.00780. The van der Waals surface area contributed by atoms with Crippen LogP contribution in [0.2, 0.25) is 10.0 Å². The lowest BCUT2D eigenvalue weighted by molar-refractivity contribution is -0.133. The number of hydrogen-bond acceptors (Lipinski definition) is 7. The molecular formula is C27H24Cl2N2O5S. The first-order valence-corrected chi connectivity index (χ1v) is 13.1. The average Bonchev–Trinajstić information content (AvgIpc) is 3.18. The van der Waals surface area contributed by atoms with E-state index < -0.39 is 23.1 Å². The lowest BCUT2D eigenvalue weighted by atomic mass is 10.1. The number of rotatable bonds is 7. The first-order valence-electron chi connectivity index (χ1n) is 11.5. The highest BCUT2D eigenvalue weighted by Crippen LogP contribution is 2.42. The zero-order chi connectivity index (χ0) is 26.7. The molecule has 1 aromatic heterocycles. The molecule has 0 saturated heterocycles. The number of halogens is 2. The summed E-state index contributed by atoms with van der Waals surface area (Å²) in [6, 6.07) is 13.8. The van der Waals surface area contributed by atoms with Gasteiger partial charge in [0.05, 0.1) is 24.8 Å². The summed E-state index contributed by atoms with van der Waals surface area (Å²) in [4.78, 5) is 40.4. The fourth-order valence-corrected chi connectivity index (χ4v) is 5.75. The lowest BCUT2D eigenvalue weighted by Gasteiger charge is -2.24. The molecule has 0 aliphatic carbocycles. The smallest absolute Gasteiger partial charge is 0.357 e. The zero-order valence-corrected chi connectivity index (χ0v) is 22.5. The molecule has 0 fully saturated rings. The number of nitrogen functional groups attached to an aromatic ring is 1. The molecule has 37 heavy (non-hydrogen) atoms. The highest BCUT2D eigenvalue weighted by atomic mass is 35.5. The fourth-order valence-electron chi connectivity index (χ4n) is 3.99. The van der Waals surface area contributed by atoms with Gasteiger partial charge in [-0.3, -0.25) is 9.36 Å². The second-order valence-corrected chi connectivity index (χ2v) is 10.1. The first-order chi connectivity index (χ1) is 17.8. The quantitative estimate of drug-likeness (QED) is 0.334. The Morgan fingerprint density at radius 3 is 2.41 bits per heavy atom. The number of esters is 2. The van der Waals surface area contributed by atoms with Gasteiger partial charge in [-0.1, -0.05) is 84.7 Å². The Bertz CT molecular complexity index is 1520. The molecule has 0 amide bonds. The molecule has 2 N–H and O–H groups in total. The molecule has 0 bridgehead atoms. The molecular weight excluding hydrogens is 535 g/mol. The van der Waals surface area contributed by atoms with Gasteiger partial charge in [0.15, 0.2) is 5.69 Å². The molecule has 0 spiro atoms. The molecule has 192 valence electrons. The molecule has 3 aromatic rings. The number of aromatic nitrogens is 1. The maximum atomic E-state index is 14.0. The van der Waals surface area contributed by atoms with Gasteiger partial charge in [-0.05, 0) is 35.8 Å². The number of nitrogens with zero attached hydrogens (tertiary/aromatic N) is 1. The van der Waals surface area contributed by atoms with Crippen LogP contribution in [0.5, 0.6) is 0 Å². The number of carbonyl (C=O) groups is 3. The van der Waals surface area contributed by atoms with Crippen LogP contribution in [0, 0.1) is 0 Å². The number of ether oxygens (including phenoxy) is 2. The van der Waals surface area contributed by atoms with Gasteiger partial charge in [0, 0.05) is 15.3 Å². The van der Waals surface area contributed by atoms with Gasteiger partial charge in [0.1, 0.15) is 10.2 Å². The van der Waals surface area contributed by atoms with Crippen LogP contribution in [0.4, 0.5) is 5.69 Å². The van der Waals surface area contributed by atoms with E-state index in [0.717, 1.165) is 22.7 Å². The normalized spacial score (nSPS) is 15.5. The van der Waals surface area contributed by atoms with Crippen LogP contribution < -0.4 is 16.3 Å². The van der Waals surface area contributed by atoms with Gasteiger partial charge in [-0.15, -0.1) is 0 Å². The topological polar surface area (TPSA) is 101 Å². The second kappa shape index (κ2) is 11.5. The highest BCUT2D eigenvalue weighted by molar-refractivity contribution is 8.10. The molecule has 7 nitrogen and oxygen atoms in total. The van der Waals surface area contributed by atoms with Gasteiger partial charge >= 0.3 is 11.9 Å². The number of unbranched alkanes of at least 4 members (excludes halogenated alkanes) is 1. The third-order valence-corrected chi connectivity index (χ3v) is 7.81. The van der Waals surface area contributed by atoms with Gasteiger partial charge in [0.25, 0.3) is 0 Å². The lowest BCUT2D eigenvalue weighted by Crippen LogP contribution is -2.42. The van der Waals surface area contributed by atoms with Gasteiger partial charge in [0.2, 0.25) is 5.91 Å². The van der Waals surface area contributed by atoms with Crippen molar-refractivity contribution in [3.8, 4) is 0 Å². The summed E-state index contributed by atoms with van der Waals surface area (Å²) < 4.78 is 11.7. The summed E-state index contributed by atoms with van der Waals surface area (Å²) >= 11 is 13.8. The average molecular weight is 559 g/mol. The molecule has 1 atom stereocenters. The predicted molar refractivity (Wildman–Crippen MR) is 146 cm³/mol. The highest BCUT2D eigenvalue weighted by Gasteiger charge is 2.39. The SMILES string of the molecule is CCCCOC(=O)c1c(N)/c(=C\c2ccccc2Cl)c2n1C(=O)[C@@H](c1ccccc1Cl)SC=2C(=O)OC. The summed E-state index contributed by atoms with van der Waals surface area (Å²) in [7, 11) is 1.24. The van der Waals surface area contributed by atoms with E-state index in [1.165, 1.54) is 7.11 Å². The third kappa shape index (κ3) is 5.14. The first kappa shape index (κ1) is 26.9. The molecule has 2 aromatic carbocycles. The van der Waals surface area contributed by atoms with Crippen LogP contribution in [-0.2, 0) is 14.3 Å². The minimum atomic E-state index is -0.933. The van der Waals surface area contributed by atoms with Crippen molar-refractivity contribution in [1.29, 1.82) is 0 Å². The molecule has 2 heterocycles. The van der Waals surface area contributed by atoms with Crippen molar-refractivity contribution in [3.05, 3.63) is 86.0 Å². The standard InChI is InChI=1S/C27H24Cl2N2O5S/c1-3-4-13-36-26(33)22-20(30)17(14-15-9-5-7-11-18(15)28)21-24(27(34)35-2)37-23(25(32)31(21)22)16-10-6-8-12-19(16)29/h5-12,14,23H,3-4,13,30H2,1-2H3/b17-14+/t23-/m1/s1. The number of fused-ring (bicyclic) bond motifs is 1. The van der Waals surface area contributed by atoms with E-state index in [1.54, 1.807) is 54.6 Å². The fraction of sp³-hybridized carbons (Fsp3) is 0.222. The summed E-state index contributed by atoms with van der Waals surface area (Å²) in [6.45, 7) is 2.12. The number of anilines is 1. The Hall–Kier alpha value is -3.20. The van der Waals surface area contributed by atoms with E-state index in [2.05, 4.69) is 0 Å². The molecule has 1 aliphatic heterocycles. The molecule has 4 rings (SSSR count). The minimum Gasteiger partial charge on any atom is -0.465 e. The van der Waals surface area contributed by atoms with Crippen molar-refractivity contribution in [1.82, 2.24) is 4.57 Å². The molecule has 0 radical (unpaired) electrons. The van der Waals surface area contributed by atoms with Crippen LogP contribution >= 0.6 is 35.0 Å². The van der Waals surface area contributed by atoms with Crippen molar-refractivity contribution in [2.45, 2.75) is 25.0 Å². The van der Waals surface area contributed by atoms with Crippen molar-refractivity contribution in [2.75, 3.05) is 19.5 Å². The zero-order valence-electron chi connectivity index (χ0n) is 20.1. The van der Waals surface area contributed by atoms with Crippen molar-refractivity contribution >= 4 is 69.5 Å². The van der Waals surface area contributed by atoms with Crippen molar-refractivity contribution in [3.63, 3.8) is 0 Å². The van der Waals surface area contributed by atoms with E-state index in [9.17, 15) is 14.4 Å². The predicted octanol–water partition coefficient (Wildman–Crippen LogP) is 4.57. The number of benzene rings is 2. The van der Waals surface area contributed by atoms with Crippen LogP contribution in [0.25, 0.3) is 11.0 Å². The van der Waals surface area contributed by atoms with Crippen molar-refractivity contribution < 1.29 is 23.9 Å². The summed E-state index contributed by atoms with van der Waals surface area (Å²) in [5.74, 6) is -1.95. The maximum absolute atomic E-state index is 14.0. The number of hydrogen-bond donors (Lipinski definition) is 1. The van der Waals surface area contributed by atoms with Crippen LogP contribution in [0.3, 0.4) is 0 Å². The van der Waals surface area contributed by atoms with Gasteiger partial charge in [-0.2, -0.15) is 0 Å². The van der Waals surface area contributed by atoms with Crippen molar-refractivity contribution in [2.24, 2.45) is 0 Å². The Balaban J connectivity index is 2.08. The molecule has 10 heteroatoms. The summed E-state index contributed by atoms with van der Waals surface area (Å²) in [5, 5.41) is 0.269. The second-order valence-electron chi connectivity index (χ2n) is 8.19. The largest absolute Gasteiger partial charge is 0.465 e. The molecule has 1 aliphatic rings. The number of methoxy groups -OCH3 is 1. The van der Waals surface area contributed by atoms with E-state index in [-0.39, 0.29) is 33.5 Å². The number of nitrogens with two attached hydrogens (primary N) is 1. The van der Waals surface area contributed by atoms with Crippen LogP contribution in [0.15, 0.2) is 48.5 Å². The van der Waals surface area contributed by atoms with Gasteiger partial charge in [-0.25, -0.2) is 9.59 Å². The Morgan fingerprint density at radius 2 is 1.76 bits per heavy atom. The summed E-state index contributed by atoms with van der Waals surface area (Å²) in [6.07, 6.45) is 3.09. The number of carbonyl (C=O) groups excluding carboxylic acids is 3. The monoisotopic (exact) mass is 558 g/mol. The van der Waals surface area contributed by atoms with E-state index in [1.807, 2.05) is 6.92 Å². The molecule has 0 saturated carbocycles.